The third kappa shape index (κ3) is 1.97. The minimum atomic E-state index is 0.362. The molecular weight excluding hydrogens is 194 g/mol. The summed E-state index contributed by atoms with van der Waals surface area (Å²) in [5.41, 5.74) is 1.17. The second kappa shape index (κ2) is 4.38. The van der Waals surface area contributed by atoms with Gasteiger partial charge in [0.1, 0.15) is 5.01 Å². The van der Waals surface area contributed by atoms with Gasteiger partial charge in [0.2, 0.25) is 0 Å². The van der Waals surface area contributed by atoms with Crippen molar-refractivity contribution >= 4 is 11.3 Å². The number of nitrogens with zero attached hydrogens (tertiary/aromatic N) is 1. The van der Waals surface area contributed by atoms with Crippen LogP contribution in [0, 0.1) is 0 Å². The highest BCUT2D eigenvalue weighted by atomic mass is 32.1. The van der Waals surface area contributed by atoms with E-state index >= 15 is 0 Å². The van der Waals surface area contributed by atoms with Crippen LogP contribution in [0.1, 0.15) is 42.6 Å². The zero-order valence-corrected chi connectivity index (χ0v) is 9.53. The Balaban J connectivity index is 2.08. The van der Waals surface area contributed by atoms with Crippen LogP contribution in [0.5, 0.6) is 0 Å². The Morgan fingerprint density at radius 3 is 3.21 bits per heavy atom. The van der Waals surface area contributed by atoms with E-state index in [1.54, 1.807) is 11.3 Å². The molecule has 0 aliphatic carbocycles. The largest absolute Gasteiger partial charge is 0.312 e. The van der Waals surface area contributed by atoms with E-state index in [4.69, 9.17) is 0 Å². The van der Waals surface area contributed by atoms with Gasteiger partial charge < -0.3 is 10.6 Å². The summed E-state index contributed by atoms with van der Waals surface area (Å²) in [6.07, 6.45) is 2.52. The molecule has 78 valence electrons. The van der Waals surface area contributed by atoms with E-state index in [0.29, 0.717) is 12.1 Å². The molecule has 2 unspecified atom stereocenters. The van der Waals surface area contributed by atoms with Crippen molar-refractivity contribution < 1.29 is 0 Å². The fraction of sp³-hybridized carbons (Fsp3) is 0.700. The summed E-state index contributed by atoms with van der Waals surface area (Å²) in [5.74, 6) is 0. The topological polar surface area (TPSA) is 37.0 Å². The van der Waals surface area contributed by atoms with Crippen molar-refractivity contribution in [1.82, 2.24) is 15.6 Å². The maximum atomic E-state index is 4.66. The summed E-state index contributed by atoms with van der Waals surface area (Å²) in [4.78, 5) is 4.66. The third-order valence-electron chi connectivity index (χ3n) is 2.77. The van der Waals surface area contributed by atoms with Gasteiger partial charge in [-0.3, -0.25) is 0 Å². The van der Waals surface area contributed by atoms with Gasteiger partial charge in [-0.05, 0) is 33.4 Å². The molecule has 0 radical (unpaired) electrons. The van der Waals surface area contributed by atoms with Crippen LogP contribution in [0.25, 0.3) is 0 Å². The standard InChI is InChI=1S/C10H17N3S/c1-7(11-2)9-6-14-10(13-9)8-4-3-5-12-8/h6-8,11-12H,3-5H2,1-2H3. The predicted octanol–water partition coefficient (Wildman–Crippen LogP) is 1.85. The highest BCUT2D eigenvalue weighted by Crippen LogP contribution is 2.27. The quantitative estimate of drug-likeness (QED) is 0.801. The lowest BCUT2D eigenvalue weighted by Gasteiger charge is -2.07. The Labute approximate surface area is 88.9 Å². The Morgan fingerprint density at radius 2 is 2.57 bits per heavy atom. The first-order chi connectivity index (χ1) is 6.81. The van der Waals surface area contributed by atoms with Crippen LogP contribution in [-0.2, 0) is 0 Å². The van der Waals surface area contributed by atoms with Crippen molar-refractivity contribution in [2.24, 2.45) is 0 Å². The van der Waals surface area contributed by atoms with Gasteiger partial charge in [0.25, 0.3) is 0 Å². The zero-order valence-electron chi connectivity index (χ0n) is 8.71. The Kier molecular flexibility index (Phi) is 3.15. The minimum Gasteiger partial charge on any atom is -0.312 e. The highest BCUT2D eigenvalue weighted by Gasteiger charge is 2.20. The summed E-state index contributed by atoms with van der Waals surface area (Å²) in [5, 5.41) is 10.1. The van der Waals surface area contributed by atoms with Crippen molar-refractivity contribution in [2.45, 2.75) is 31.8 Å². The molecule has 14 heavy (non-hydrogen) atoms. The smallest absolute Gasteiger partial charge is 0.110 e. The van der Waals surface area contributed by atoms with Crippen molar-refractivity contribution in [3.8, 4) is 0 Å². The first-order valence-corrected chi connectivity index (χ1v) is 6.05. The number of hydrogen-bond acceptors (Lipinski definition) is 4. The van der Waals surface area contributed by atoms with E-state index in [9.17, 15) is 0 Å². The molecule has 3 nitrogen and oxygen atoms in total. The monoisotopic (exact) mass is 211 g/mol. The molecule has 2 atom stereocenters. The van der Waals surface area contributed by atoms with Gasteiger partial charge in [0.15, 0.2) is 0 Å². The van der Waals surface area contributed by atoms with Gasteiger partial charge in [-0.25, -0.2) is 4.98 Å². The molecule has 0 saturated carbocycles. The van der Waals surface area contributed by atoms with Gasteiger partial charge in [-0.1, -0.05) is 0 Å². The number of aromatic nitrogens is 1. The molecule has 0 aromatic carbocycles. The SMILES string of the molecule is CNC(C)c1csc(C2CCCN2)n1. The molecule has 1 aliphatic rings. The average molecular weight is 211 g/mol. The third-order valence-corrected chi connectivity index (χ3v) is 3.75. The Morgan fingerprint density at radius 1 is 1.71 bits per heavy atom. The van der Waals surface area contributed by atoms with E-state index in [1.807, 2.05) is 7.05 Å². The second-order valence-corrected chi connectivity index (χ2v) is 4.66. The van der Waals surface area contributed by atoms with Crippen LogP contribution in [0.2, 0.25) is 0 Å². The van der Waals surface area contributed by atoms with E-state index in [-0.39, 0.29) is 0 Å². The second-order valence-electron chi connectivity index (χ2n) is 3.77. The number of thiazole rings is 1. The Bertz CT molecular complexity index is 291. The van der Waals surface area contributed by atoms with Crippen LogP contribution in [0.3, 0.4) is 0 Å². The zero-order chi connectivity index (χ0) is 9.97. The molecule has 1 saturated heterocycles. The van der Waals surface area contributed by atoms with Gasteiger partial charge in [-0.2, -0.15) is 0 Å². The molecule has 1 aromatic rings. The van der Waals surface area contributed by atoms with Crippen LogP contribution in [-0.4, -0.2) is 18.6 Å². The van der Waals surface area contributed by atoms with Crippen molar-refractivity contribution in [3.63, 3.8) is 0 Å². The van der Waals surface area contributed by atoms with Crippen molar-refractivity contribution in [1.29, 1.82) is 0 Å². The summed E-state index contributed by atoms with van der Waals surface area (Å²) in [6, 6.07) is 0.874. The molecular formula is C10H17N3S. The first-order valence-electron chi connectivity index (χ1n) is 5.17. The maximum absolute atomic E-state index is 4.66. The van der Waals surface area contributed by atoms with Crippen LogP contribution in [0.15, 0.2) is 5.38 Å². The number of nitrogens with one attached hydrogen (secondary N) is 2. The molecule has 1 fully saturated rings. The molecule has 4 heteroatoms. The summed E-state index contributed by atoms with van der Waals surface area (Å²) in [7, 11) is 1.97. The predicted molar refractivity (Wildman–Crippen MR) is 59.6 cm³/mol. The molecule has 0 spiro atoms. The first kappa shape index (κ1) is 10.1. The van der Waals surface area contributed by atoms with Gasteiger partial charge >= 0.3 is 0 Å². The van der Waals surface area contributed by atoms with E-state index in [2.05, 4.69) is 27.9 Å². The van der Waals surface area contributed by atoms with E-state index in [0.717, 1.165) is 6.54 Å². The lowest BCUT2D eigenvalue weighted by molar-refractivity contribution is 0.611. The molecule has 2 rings (SSSR count). The molecule has 2 heterocycles. The van der Waals surface area contributed by atoms with Crippen molar-refractivity contribution in [2.75, 3.05) is 13.6 Å². The Hall–Kier alpha value is -0.450. The summed E-state index contributed by atoms with van der Waals surface area (Å²) < 4.78 is 0. The van der Waals surface area contributed by atoms with Crippen LogP contribution < -0.4 is 10.6 Å². The van der Waals surface area contributed by atoms with Crippen LogP contribution in [0.4, 0.5) is 0 Å². The maximum Gasteiger partial charge on any atom is 0.110 e. The van der Waals surface area contributed by atoms with Gasteiger partial charge in [0.05, 0.1) is 11.7 Å². The van der Waals surface area contributed by atoms with Crippen molar-refractivity contribution in [3.05, 3.63) is 16.1 Å². The van der Waals surface area contributed by atoms with E-state index < -0.39 is 0 Å². The number of hydrogen-bond donors (Lipinski definition) is 2. The van der Waals surface area contributed by atoms with E-state index in [1.165, 1.54) is 23.5 Å². The highest BCUT2D eigenvalue weighted by molar-refractivity contribution is 7.09. The summed E-state index contributed by atoms with van der Waals surface area (Å²) in [6.45, 7) is 3.28. The van der Waals surface area contributed by atoms with Gasteiger partial charge in [0, 0.05) is 11.4 Å². The fourth-order valence-corrected chi connectivity index (χ4v) is 2.72. The lowest BCUT2D eigenvalue weighted by Crippen LogP contribution is -2.15. The average Bonchev–Trinajstić information content (AvgIpc) is 2.86. The molecule has 1 aromatic heterocycles. The lowest BCUT2D eigenvalue weighted by atomic mass is 10.2. The fourth-order valence-electron chi connectivity index (χ4n) is 1.70. The molecule has 0 amide bonds. The normalized spacial score (nSPS) is 24.0. The molecule has 2 N–H and O–H groups in total. The number of rotatable bonds is 3. The summed E-state index contributed by atoms with van der Waals surface area (Å²) >= 11 is 1.78. The van der Waals surface area contributed by atoms with Gasteiger partial charge in [-0.15, -0.1) is 11.3 Å². The molecule has 0 bridgehead atoms. The van der Waals surface area contributed by atoms with Crippen LogP contribution >= 0.6 is 11.3 Å². The minimum absolute atomic E-state index is 0.362. The molecule has 1 aliphatic heterocycles.